The number of fused-ring (bicyclic) bond motifs is 7. The highest BCUT2D eigenvalue weighted by Gasteiger charge is 2.18. The molecule has 0 fully saturated rings. The van der Waals surface area contributed by atoms with Crippen molar-refractivity contribution in [3.05, 3.63) is 206 Å². The third-order valence-electron chi connectivity index (χ3n) is 11.1. The molecule has 9 aromatic carbocycles. The van der Waals surface area contributed by atoms with Gasteiger partial charge in [-0.05, 0) is 93.2 Å². The van der Waals surface area contributed by atoms with Crippen LogP contribution in [0, 0.1) is 0 Å². The third kappa shape index (κ3) is 4.74. The summed E-state index contributed by atoms with van der Waals surface area (Å²) in [6.07, 6.45) is 0. The predicted octanol–water partition coefficient (Wildman–Crippen LogP) is 14.0. The first-order chi connectivity index (χ1) is 26.8. The molecule has 0 amide bonds. The Morgan fingerprint density at radius 1 is 0.259 bits per heavy atom. The molecule has 0 radical (unpaired) electrons. The highest BCUT2D eigenvalue weighted by molar-refractivity contribution is 6.13. The molecule has 0 aliphatic rings. The van der Waals surface area contributed by atoms with Crippen LogP contribution in [0.25, 0.3) is 99.1 Å². The number of rotatable bonds is 5. The summed E-state index contributed by atoms with van der Waals surface area (Å²) in [6, 6.07) is 75.2. The first-order valence-corrected chi connectivity index (χ1v) is 18.6. The summed E-state index contributed by atoms with van der Waals surface area (Å²) >= 11 is 0. The van der Waals surface area contributed by atoms with Crippen molar-refractivity contribution in [2.75, 3.05) is 0 Å². The van der Waals surface area contributed by atoms with Gasteiger partial charge in [0, 0.05) is 32.8 Å². The second-order valence-corrected chi connectivity index (χ2v) is 14.1. The Bertz CT molecular complexity index is 3210. The van der Waals surface area contributed by atoms with E-state index in [-0.39, 0.29) is 0 Å². The molecular formula is C52H34N2. The Morgan fingerprint density at radius 2 is 0.778 bits per heavy atom. The number of hydrogen-bond acceptors (Lipinski definition) is 0. The summed E-state index contributed by atoms with van der Waals surface area (Å²) in [5.41, 5.74) is 14.5. The lowest BCUT2D eigenvalue weighted by Gasteiger charge is -2.14. The van der Waals surface area contributed by atoms with Crippen LogP contribution >= 0.6 is 0 Å². The summed E-state index contributed by atoms with van der Waals surface area (Å²) < 4.78 is 4.85. The molecule has 0 aliphatic carbocycles. The van der Waals surface area contributed by atoms with E-state index < -0.39 is 0 Å². The Hall–Kier alpha value is -7.16. The van der Waals surface area contributed by atoms with Gasteiger partial charge in [0.1, 0.15) is 0 Å². The summed E-state index contributed by atoms with van der Waals surface area (Å²) in [4.78, 5) is 0. The maximum absolute atomic E-state index is 2.43. The second kappa shape index (κ2) is 12.2. The maximum atomic E-state index is 2.43. The van der Waals surface area contributed by atoms with Crippen LogP contribution < -0.4 is 0 Å². The van der Waals surface area contributed by atoms with Crippen LogP contribution in [0.15, 0.2) is 206 Å². The van der Waals surface area contributed by atoms with Crippen LogP contribution in [-0.2, 0) is 0 Å². The largest absolute Gasteiger partial charge is 0.309 e. The summed E-state index contributed by atoms with van der Waals surface area (Å²) in [6.45, 7) is 0. The second-order valence-electron chi connectivity index (χ2n) is 14.1. The van der Waals surface area contributed by atoms with Gasteiger partial charge in [0.05, 0.1) is 27.8 Å². The average Bonchev–Trinajstić information content (AvgIpc) is 3.76. The summed E-state index contributed by atoms with van der Waals surface area (Å²) in [5, 5.41) is 7.52. The van der Waals surface area contributed by atoms with Gasteiger partial charge in [-0.25, -0.2) is 0 Å². The van der Waals surface area contributed by atoms with E-state index in [0.717, 1.165) is 5.69 Å². The number of hydrogen-bond donors (Lipinski definition) is 0. The Kier molecular flexibility index (Phi) is 6.90. The highest BCUT2D eigenvalue weighted by Crippen LogP contribution is 2.40. The van der Waals surface area contributed by atoms with Gasteiger partial charge >= 0.3 is 0 Å². The Morgan fingerprint density at radius 3 is 1.54 bits per heavy atom. The first kappa shape index (κ1) is 30.5. The standard InChI is InChI=1S/C52H34N2/c1-2-14-36(15-3-1)43-21-6-9-25-48(43)54-50-27-11-8-23-45(50)47-34-38(29-31-52(47)54)37-28-30-51-46(33-37)44-22-7-10-26-49(44)53(51)40-19-12-18-39(32-40)42-24-13-17-35-16-4-5-20-41(35)42/h1-34H. The molecular weight excluding hydrogens is 653 g/mol. The van der Waals surface area contributed by atoms with Gasteiger partial charge in [-0.3, -0.25) is 0 Å². The fraction of sp³-hybridized carbons (Fsp3) is 0. The molecule has 0 aliphatic heterocycles. The van der Waals surface area contributed by atoms with Crippen molar-refractivity contribution in [1.29, 1.82) is 0 Å². The number of para-hydroxylation sites is 3. The fourth-order valence-corrected chi connectivity index (χ4v) is 8.66. The van der Waals surface area contributed by atoms with E-state index in [9.17, 15) is 0 Å². The number of nitrogens with zero attached hydrogens (tertiary/aromatic N) is 2. The zero-order chi connectivity index (χ0) is 35.6. The number of aromatic nitrogens is 2. The van der Waals surface area contributed by atoms with E-state index in [1.807, 2.05) is 0 Å². The van der Waals surface area contributed by atoms with E-state index in [0.29, 0.717) is 0 Å². The average molecular weight is 687 g/mol. The summed E-state index contributed by atoms with van der Waals surface area (Å²) in [5.74, 6) is 0. The normalized spacial score (nSPS) is 11.7. The lowest BCUT2D eigenvalue weighted by molar-refractivity contribution is 1.18. The highest BCUT2D eigenvalue weighted by atomic mass is 15.0. The molecule has 11 rings (SSSR count). The van der Waals surface area contributed by atoms with Crippen molar-refractivity contribution in [1.82, 2.24) is 9.13 Å². The molecule has 11 aromatic rings. The molecule has 0 atom stereocenters. The number of benzene rings is 9. The van der Waals surface area contributed by atoms with Crippen molar-refractivity contribution in [3.63, 3.8) is 0 Å². The van der Waals surface area contributed by atoms with E-state index in [2.05, 4.69) is 215 Å². The Balaban J connectivity index is 1.07. The molecule has 2 aromatic heterocycles. The van der Waals surface area contributed by atoms with Gasteiger partial charge in [0.15, 0.2) is 0 Å². The van der Waals surface area contributed by atoms with Crippen LogP contribution in [0.1, 0.15) is 0 Å². The lowest BCUT2D eigenvalue weighted by Crippen LogP contribution is -1.97. The Labute approximate surface area is 313 Å². The monoisotopic (exact) mass is 686 g/mol. The van der Waals surface area contributed by atoms with Crippen LogP contribution in [0.3, 0.4) is 0 Å². The molecule has 2 nitrogen and oxygen atoms in total. The topological polar surface area (TPSA) is 9.86 Å². The van der Waals surface area contributed by atoms with Crippen molar-refractivity contribution >= 4 is 54.4 Å². The van der Waals surface area contributed by atoms with E-state index in [4.69, 9.17) is 0 Å². The van der Waals surface area contributed by atoms with Crippen LogP contribution in [0.4, 0.5) is 0 Å². The summed E-state index contributed by atoms with van der Waals surface area (Å²) in [7, 11) is 0. The molecule has 54 heavy (non-hydrogen) atoms. The zero-order valence-electron chi connectivity index (χ0n) is 29.5. The van der Waals surface area contributed by atoms with Gasteiger partial charge in [-0.1, -0.05) is 152 Å². The zero-order valence-corrected chi connectivity index (χ0v) is 29.5. The molecule has 0 spiro atoms. The molecule has 0 saturated carbocycles. The first-order valence-electron chi connectivity index (χ1n) is 18.6. The van der Waals surface area contributed by atoms with Crippen molar-refractivity contribution in [2.24, 2.45) is 0 Å². The van der Waals surface area contributed by atoms with Gasteiger partial charge in [-0.15, -0.1) is 0 Å². The SMILES string of the molecule is c1ccc(-c2ccccc2-n2c3ccccc3c3cc(-c4ccc5c(c4)c4ccccc4n5-c4cccc(-c5cccc6ccccc56)c4)ccc32)cc1. The minimum atomic E-state index is 1.16. The molecule has 0 unspecified atom stereocenters. The van der Waals surface area contributed by atoms with Crippen LogP contribution in [-0.4, -0.2) is 9.13 Å². The van der Waals surface area contributed by atoms with Gasteiger partial charge in [0.25, 0.3) is 0 Å². The maximum Gasteiger partial charge on any atom is 0.0541 e. The van der Waals surface area contributed by atoms with Crippen molar-refractivity contribution in [2.45, 2.75) is 0 Å². The van der Waals surface area contributed by atoms with E-state index in [1.54, 1.807) is 0 Å². The molecule has 0 N–H and O–H groups in total. The van der Waals surface area contributed by atoms with E-state index in [1.165, 1.54) is 93.5 Å². The van der Waals surface area contributed by atoms with Crippen LogP contribution in [0.5, 0.6) is 0 Å². The van der Waals surface area contributed by atoms with Gasteiger partial charge < -0.3 is 9.13 Å². The minimum absolute atomic E-state index is 1.16. The van der Waals surface area contributed by atoms with Gasteiger partial charge in [-0.2, -0.15) is 0 Å². The van der Waals surface area contributed by atoms with Crippen LogP contribution in [0.2, 0.25) is 0 Å². The third-order valence-corrected chi connectivity index (χ3v) is 11.1. The quantitative estimate of drug-likeness (QED) is 0.171. The molecule has 2 heterocycles. The molecule has 0 saturated heterocycles. The van der Waals surface area contributed by atoms with Crippen molar-refractivity contribution in [3.8, 4) is 44.8 Å². The van der Waals surface area contributed by atoms with Crippen molar-refractivity contribution < 1.29 is 0 Å². The van der Waals surface area contributed by atoms with E-state index >= 15 is 0 Å². The fourth-order valence-electron chi connectivity index (χ4n) is 8.66. The minimum Gasteiger partial charge on any atom is -0.309 e. The smallest absolute Gasteiger partial charge is 0.0541 e. The molecule has 0 bridgehead atoms. The molecule has 2 heteroatoms. The lowest BCUT2D eigenvalue weighted by atomic mass is 9.98. The van der Waals surface area contributed by atoms with Gasteiger partial charge in [0.2, 0.25) is 0 Å². The predicted molar refractivity (Wildman–Crippen MR) is 229 cm³/mol. The molecule has 252 valence electrons.